The summed E-state index contributed by atoms with van der Waals surface area (Å²) in [4.78, 5) is 13.5. The summed E-state index contributed by atoms with van der Waals surface area (Å²) in [5, 5.41) is 13.1. The van der Waals surface area contributed by atoms with Crippen LogP contribution >= 0.6 is 11.8 Å². The van der Waals surface area contributed by atoms with Crippen LogP contribution in [0.2, 0.25) is 0 Å². The fraction of sp³-hybridized carbons (Fsp3) is 0.214. The maximum absolute atomic E-state index is 4.73. The molecule has 0 radical (unpaired) electrons. The fourth-order valence-corrected chi connectivity index (χ4v) is 3.25. The van der Waals surface area contributed by atoms with E-state index in [1.165, 1.54) is 6.33 Å². The Hall–Kier alpha value is -2.48. The number of hydrogen-bond acceptors (Lipinski definition) is 6. The first-order valence-corrected chi connectivity index (χ1v) is 7.74. The Morgan fingerprint density at radius 2 is 2.09 bits per heavy atom. The lowest BCUT2D eigenvalue weighted by Gasteiger charge is -2.09. The summed E-state index contributed by atoms with van der Waals surface area (Å²) in [6.07, 6.45) is 1.51. The van der Waals surface area contributed by atoms with Crippen LogP contribution in [0.1, 0.15) is 23.8 Å². The predicted octanol–water partition coefficient (Wildman–Crippen LogP) is 2.56. The number of benzene rings is 1. The summed E-state index contributed by atoms with van der Waals surface area (Å²) in [7, 11) is 0. The SMILES string of the molecule is Cc1nc2c3ccccc3nc(SC(C)c3ncn[nH]3)n2n1. The zero-order valence-corrected chi connectivity index (χ0v) is 12.9. The van der Waals surface area contributed by atoms with E-state index in [4.69, 9.17) is 4.98 Å². The van der Waals surface area contributed by atoms with Gasteiger partial charge in [-0.2, -0.15) is 9.61 Å². The average molecular weight is 311 g/mol. The molecule has 0 aliphatic heterocycles. The van der Waals surface area contributed by atoms with Crippen molar-refractivity contribution >= 4 is 28.3 Å². The van der Waals surface area contributed by atoms with Crippen LogP contribution in [-0.4, -0.2) is 34.8 Å². The van der Waals surface area contributed by atoms with E-state index in [-0.39, 0.29) is 5.25 Å². The molecule has 1 aromatic carbocycles. The molecule has 1 unspecified atom stereocenters. The molecular weight excluding hydrogens is 298 g/mol. The Balaban J connectivity index is 1.88. The van der Waals surface area contributed by atoms with Crippen molar-refractivity contribution in [3.63, 3.8) is 0 Å². The van der Waals surface area contributed by atoms with E-state index in [2.05, 4.69) is 32.2 Å². The summed E-state index contributed by atoms with van der Waals surface area (Å²) in [5.74, 6) is 1.54. The number of H-pyrrole nitrogens is 1. The summed E-state index contributed by atoms with van der Waals surface area (Å²) >= 11 is 1.57. The Morgan fingerprint density at radius 3 is 2.91 bits per heavy atom. The minimum atomic E-state index is 0.0869. The van der Waals surface area contributed by atoms with Crippen LogP contribution in [0.4, 0.5) is 0 Å². The van der Waals surface area contributed by atoms with Crippen molar-refractivity contribution in [3.05, 3.63) is 42.2 Å². The fourth-order valence-electron chi connectivity index (χ4n) is 2.33. The molecule has 0 fully saturated rings. The Morgan fingerprint density at radius 1 is 1.23 bits per heavy atom. The van der Waals surface area contributed by atoms with Crippen LogP contribution in [0.25, 0.3) is 16.6 Å². The lowest BCUT2D eigenvalue weighted by atomic mass is 10.2. The van der Waals surface area contributed by atoms with Crippen LogP contribution in [-0.2, 0) is 0 Å². The quantitative estimate of drug-likeness (QED) is 0.462. The van der Waals surface area contributed by atoms with E-state index in [0.717, 1.165) is 33.4 Å². The summed E-state index contributed by atoms with van der Waals surface area (Å²) in [5.41, 5.74) is 1.74. The van der Waals surface area contributed by atoms with Gasteiger partial charge < -0.3 is 0 Å². The molecule has 1 atom stereocenters. The van der Waals surface area contributed by atoms with E-state index in [1.54, 1.807) is 16.3 Å². The molecule has 0 aliphatic rings. The van der Waals surface area contributed by atoms with Gasteiger partial charge in [0.1, 0.15) is 18.0 Å². The second-order valence-electron chi connectivity index (χ2n) is 4.94. The van der Waals surface area contributed by atoms with E-state index in [0.29, 0.717) is 0 Å². The van der Waals surface area contributed by atoms with E-state index >= 15 is 0 Å². The standard InChI is InChI=1S/C14H13N7S/c1-8(12-15-7-16-19-12)22-14-18-11-6-4-3-5-10(11)13-17-9(2)20-21(13)14/h3-8H,1-2H3,(H,15,16,19). The monoisotopic (exact) mass is 311 g/mol. The zero-order chi connectivity index (χ0) is 15.1. The van der Waals surface area contributed by atoms with Crippen molar-refractivity contribution in [2.45, 2.75) is 24.3 Å². The third kappa shape index (κ3) is 2.12. The molecule has 0 aliphatic carbocycles. The molecule has 4 aromatic rings. The lowest BCUT2D eigenvalue weighted by Crippen LogP contribution is -2.01. The van der Waals surface area contributed by atoms with Crippen LogP contribution in [0, 0.1) is 6.92 Å². The van der Waals surface area contributed by atoms with E-state index < -0.39 is 0 Å². The molecule has 110 valence electrons. The van der Waals surface area contributed by atoms with Gasteiger partial charge in [-0.25, -0.2) is 15.0 Å². The maximum atomic E-state index is 4.73. The number of nitrogens with one attached hydrogen (secondary N) is 1. The minimum absolute atomic E-state index is 0.0869. The van der Waals surface area contributed by atoms with Gasteiger partial charge in [0.2, 0.25) is 0 Å². The molecule has 8 heteroatoms. The van der Waals surface area contributed by atoms with Gasteiger partial charge in [-0.3, -0.25) is 5.10 Å². The zero-order valence-electron chi connectivity index (χ0n) is 12.1. The van der Waals surface area contributed by atoms with Crippen molar-refractivity contribution in [1.29, 1.82) is 0 Å². The van der Waals surface area contributed by atoms with Crippen molar-refractivity contribution < 1.29 is 0 Å². The smallest absolute Gasteiger partial charge is 0.192 e. The van der Waals surface area contributed by atoms with Crippen molar-refractivity contribution in [2.24, 2.45) is 0 Å². The number of hydrogen-bond donors (Lipinski definition) is 1. The summed E-state index contributed by atoms with van der Waals surface area (Å²) in [6.45, 7) is 3.94. The second kappa shape index (κ2) is 5.06. The number of para-hydroxylation sites is 1. The Bertz CT molecular complexity index is 945. The highest BCUT2D eigenvalue weighted by Crippen LogP contribution is 2.33. The molecule has 3 heterocycles. The van der Waals surface area contributed by atoms with Gasteiger partial charge in [0.05, 0.1) is 10.8 Å². The van der Waals surface area contributed by atoms with Crippen molar-refractivity contribution in [1.82, 2.24) is 34.8 Å². The third-order valence-electron chi connectivity index (χ3n) is 3.36. The number of rotatable bonds is 3. The number of fused-ring (bicyclic) bond motifs is 3. The predicted molar refractivity (Wildman–Crippen MR) is 83.7 cm³/mol. The highest BCUT2D eigenvalue weighted by molar-refractivity contribution is 7.99. The largest absolute Gasteiger partial charge is 0.262 e. The van der Waals surface area contributed by atoms with Gasteiger partial charge >= 0.3 is 0 Å². The first-order chi connectivity index (χ1) is 10.7. The number of thioether (sulfide) groups is 1. The molecule has 1 N–H and O–H groups in total. The number of aromatic nitrogens is 7. The van der Waals surface area contributed by atoms with Crippen molar-refractivity contribution in [2.75, 3.05) is 0 Å². The molecular formula is C14H13N7S. The highest BCUT2D eigenvalue weighted by Gasteiger charge is 2.17. The first-order valence-electron chi connectivity index (χ1n) is 6.86. The van der Waals surface area contributed by atoms with Crippen LogP contribution < -0.4 is 0 Å². The summed E-state index contributed by atoms with van der Waals surface area (Å²) < 4.78 is 1.80. The third-order valence-corrected chi connectivity index (χ3v) is 4.41. The van der Waals surface area contributed by atoms with Gasteiger partial charge in [0, 0.05) is 5.39 Å². The van der Waals surface area contributed by atoms with Gasteiger partial charge in [0.25, 0.3) is 0 Å². The number of nitrogens with zero attached hydrogens (tertiary/aromatic N) is 6. The van der Waals surface area contributed by atoms with E-state index in [9.17, 15) is 0 Å². The molecule has 4 rings (SSSR count). The number of aromatic amines is 1. The summed E-state index contributed by atoms with van der Waals surface area (Å²) in [6, 6.07) is 7.96. The van der Waals surface area contributed by atoms with Gasteiger partial charge in [-0.1, -0.05) is 23.9 Å². The molecule has 0 bridgehead atoms. The van der Waals surface area contributed by atoms with Gasteiger partial charge in [-0.15, -0.1) is 5.10 Å². The van der Waals surface area contributed by atoms with Crippen molar-refractivity contribution in [3.8, 4) is 0 Å². The van der Waals surface area contributed by atoms with Gasteiger partial charge in [0.15, 0.2) is 10.8 Å². The molecule has 0 spiro atoms. The Labute approximate surface area is 130 Å². The van der Waals surface area contributed by atoms with E-state index in [1.807, 2.05) is 31.2 Å². The number of aryl methyl sites for hydroxylation is 1. The second-order valence-corrected chi connectivity index (χ2v) is 6.24. The lowest BCUT2D eigenvalue weighted by molar-refractivity contribution is 0.790. The highest BCUT2D eigenvalue weighted by atomic mass is 32.2. The molecule has 0 saturated heterocycles. The minimum Gasteiger partial charge on any atom is -0.262 e. The average Bonchev–Trinajstić information content (AvgIpc) is 3.16. The van der Waals surface area contributed by atoms with Gasteiger partial charge in [-0.05, 0) is 26.0 Å². The molecule has 0 saturated carbocycles. The molecule has 22 heavy (non-hydrogen) atoms. The molecule has 7 nitrogen and oxygen atoms in total. The topological polar surface area (TPSA) is 84.6 Å². The molecule has 3 aromatic heterocycles. The van der Waals surface area contributed by atoms with Crippen LogP contribution in [0.3, 0.4) is 0 Å². The molecule has 0 amide bonds. The van der Waals surface area contributed by atoms with Crippen LogP contribution in [0.5, 0.6) is 0 Å². The first kappa shape index (κ1) is 13.2. The van der Waals surface area contributed by atoms with Crippen LogP contribution in [0.15, 0.2) is 35.7 Å². The maximum Gasteiger partial charge on any atom is 0.192 e. The normalized spacial score (nSPS) is 13.0. The Kier molecular flexibility index (Phi) is 3.04.